The lowest BCUT2D eigenvalue weighted by Crippen LogP contribution is -2.53. The first-order valence-corrected chi connectivity index (χ1v) is 28.1. The molecule has 4 unspecified atom stereocenters. The zero-order valence-corrected chi connectivity index (χ0v) is 41.9. The molecule has 62 heavy (non-hydrogen) atoms. The Morgan fingerprint density at radius 2 is 0.645 bits per heavy atom. The van der Waals surface area contributed by atoms with E-state index in [1.165, 1.54) is 244 Å². The standard InChI is InChI=1S/C56H111NO5/c1-3-5-7-9-11-13-15-17-19-21-22-23-24-25-26-27-28-29-30-31-32-34-36-38-40-42-44-46-48-50-54(60)56(62)57-52(51-58)55(61)53(59)49-47-45-43-41-39-37-35-33-20-18-16-14-12-10-8-6-4-2/h25-26,52-55,58-61H,3-24,27-51H2,1-2H3,(H,57,62)/b26-25-. The lowest BCUT2D eigenvalue weighted by molar-refractivity contribution is -0.132. The van der Waals surface area contributed by atoms with Gasteiger partial charge in [-0.15, -0.1) is 0 Å². The second-order valence-electron chi connectivity index (χ2n) is 19.6. The van der Waals surface area contributed by atoms with Gasteiger partial charge < -0.3 is 25.7 Å². The highest BCUT2D eigenvalue weighted by Gasteiger charge is 2.28. The summed E-state index contributed by atoms with van der Waals surface area (Å²) in [6, 6.07) is -0.982. The van der Waals surface area contributed by atoms with Crippen LogP contribution in [0.5, 0.6) is 0 Å². The van der Waals surface area contributed by atoms with Crippen molar-refractivity contribution in [1.29, 1.82) is 0 Å². The van der Waals surface area contributed by atoms with Crippen molar-refractivity contribution in [2.45, 2.75) is 334 Å². The van der Waals surface area contributed by atoms with Gasteiger partial charge >= 0.3 is 0 Å². The molecule has 0 aliphatic carbocycles. The molecular formula is C56H111NO5. The van der Waals surface area contributed by atoms with Gasteiger partial charge in [0.1, 0.15) is 12.2 Å². The number of amides is 1. The number of hydrogen-bond donors (Lipinski definition) is 5. The third-order valence-corrected chi connectivity index (χ3v) is 13.5. The molecule has 0 saturated carbocycles. The van der Waals surface area contributed by atoms with Crippen molar-refractivity contribution in [3.05, 3.63) is 12.2 Å². The number of aliphatic hydroxyl groups excluding tert-OH is 4. The van der Waals surface area contributed by atoms with Gasteiger partial charge in [-0.25, -0.2) is 0 Å². The van der Waals surface area contributed by atoms with E-state index in [0.717, 1.165) is 38.5 Å². The lowest BCUT2D eigenvalue weighted by Gasteiger charge is -2.27. The summed E-state index contributed by atoms with van der Waals surface area (Å²) in [4.78, 5) is 12.6. The van der Waals surface area contributed by atoms with Gasteiger partial charge in [0.2, 0.25) is 5.91 Å². The van der Waals surface area contributed by atoms with Crippen molar-refractivity contribution in [2.75, 3.05) is 6.61 Å². The Morgan fingerprint density at radius 1 is 0.387 bits per heavy atom. The fraction of sp³-hybridized carbons (Fsp3) is 0.946. The van der Waals surface area contributed by atoms with Gasteiger partial charge in [-0.3, -0.25) is 4.79 Å². The number of unbranched alkanes of at least 4 members (excludes halogenated alkanes) is 41. The zero-order valence-electron chi connectivity index (χ0n) is 41.9. The molecule has 0 aromatic carbocycles. The largest absolute Gasteiger partial charge is 0.394 e. The van der Waals surface area contributed by atoms with Crippen molar-refractivity contribution in [3.8, 4) is 0 Å². The highest BCUT2D eigenvalue weighted by molar-refractivity contribution is 5.80. The summed E-state index contributed by atoms with van der Waals surface area (Å²) >= 11 is 0. The molecule has 0 aliphatic heterocycles. The molecule has 370 valence electrons. The molecule has 0 rings (SSSR count). The summed E-state index contributed by atoms with van der Waals surface area (Å²) in [6.45, 7) is 4.09. The molecule has 0 radical (unpaired) electrons. The first-order valence-electron chi connectivity index (χ1n) is 28.1. The summed E-state index contributed by atoms with van der Waals surface area (Å²) in [5.41, 5.74) is 0. The summed E-state index contributed by atoms with van der Waals surface area (Å²) < 4.78 is 0. The third kappa shape index (κ3) is 44.3. The minimum atomic E-state index is -1.26. The van der Waals surface area contributed by atoms with Crippen LogP contribution in [0, 0.1) is 0 Å². The summed E-state index contributed by atoms with van der Waals surface area (Å²) in [7, 11) is 0. The molecule has 1 amide bonds. The van der Waals surface area contributed by atoms with Crippen molar-refractivity contribution in [1.82, 2.24) is 5.32 Å². The van der Waals surface area contributed by atoms with E-state index in [2.05, 4.69) is 31.3 Å². The molecule has 6 nitrogen and oxygen atoms in total. The van der Waals surface area contributed by atoms with Gasteiger partial charge in [0.15, 0.2) is 0 Å². The number of rotatable bonds is 52. The second-order valence-corrected chi connectivity index (χ2v) is 19.6. The summed E-state index contributed by atoms with van der Waals surface area (Å²) in [5.74, 6) is -0.579. The SMILES string of the molecule is CCCCCCCCCCCCCC/C=C\CCCCCCCCCCCCCCCC(O)C(=O)NC(CO)C(O)C(O)CCCCCCCCCCCCCCCCCCC. The number of carbonyl (C=O) groups excluding carboxylic acids is 1. The minimum absolute atomic E-state index is 0.373. The van der Waals surface area contributed by atoms with E-state index in [9.17, 15) is 25.2 Å². The Bertz CT molecular complexity index is 898. The van der Waals surface area contributed by atoms with Gasteiger partial charge in [-0.05, 0) is 38.5 Å². The monoisotopic (exact) mass is 878 g/mol. The zero-order chi connectivity index (χ0) is 45.2. The molecular weight excluding hydrogens is 767 g/mol. The fourth-order valence-electron chi connectivity index (χ4n) is 9.05. The summed E-state index contributed by atoms with van der Waals surface area (Å²) in [6.07, 6.45) is 59.9. The van der Waals surface area contributed by atoms with E-state index in [1.807, 2.05) is 0 Å². The first kappa shape index (κ1) is 61.0. The molecule has 0 spiro atoms. The van der Waals surface area contributed by atoms with E-state index >= 15 is 0 Å². The van der Waals surface area contributed by atoms with Crippen molar-refractivity contribution < 1.29 is 25.2 Å². The van der Waals surface area contributed by atoms with Gasteiger partial charge in [-0.1, -0.05) is 283 Å². The maximum Gasteiger partial charge on any atom is 0.249 e. The molecule has 5 N–H and O–H groups in total. The Morgan fingerprint density at radius 3 is 0.935 bits per heavy atom. The van der Waals surface area contributed by atoms with Crippen LogP contribution in [-0.4, -0.2) is 57.3 Å². The van der Waals surface area contributed by atoms with Gasteiger partial charge in [0.25, 0.3) is 0 Å². The predicted molar refractivity (Wildman–Crippen MR) is 270 cm³/mol. The Hall–Kier alpha value is -0.950. The molecule has 6 heteroatoms. The topological polar surface area (TPSA) is 110 Å². The Kier molecular flexibility index (Phi) is 50.3. The van der Waals surface area contributed by atoms with Crippen LogP contribution in [-0.2, 0) is 4.79 Å². The molecule has 0 aromatic rings. The number of nitrogens with one attached hydrogen (secondary N) is 1. The van der Waals surface area contributed by atoms with Crippen LogP contribution in [0.15, 0.2) is 12.2 Å². The fourth-order valence-corrected chi connectivity index (χ4v) is 9.05. The third-order valence-electron chi connectivity index (χ3n) is 13.5. The number of allylic oxidation sites excluding steroid dienone is 2. The number of carbonyl (C=O) groups is 1. The van der Waals surface area contributed by atoms with Gasteiger partial charge in [-0.2, -0.15) is 0 Å². The van der Waals surface area contributed by atoms with Gasteiger partial charge in [0, 0.05) is 0 Å². The average Bonchev–Trinajstić information content (AvgIpc) is 3.28. The highest BCUT2D eigenvalue weighted by atomic mass is 16.3. The van der Waals surface area contributed by atoms with E-state index in [4.69, 9.17) is 0 Å². The molecule has 4 atom stereocenters. The van der Waals surface area contributed by atoms with Gasteiger partial charge in [0.05, 0.1) is 18.8 Å². The molecule has 0 fully saturated rings. The summed E-state index contributed by atoms with van der Waals surface area (Å²) in [5, 5.41) is 44.0. The van der Waals surface area contributed by atoms with Crippen LogP contribution in [0.25, 0.3) is 0 Å². The normalized spacial score (nSPS) is 13.8. The van der Waals surface area contributed by atoms with E-state index in [1.54, 1.807) is 0 Å². The molecule has 0 aliphatic rings. The number of aliphatic hydroxyl groups is 4. The van der Waals surface area contributed by atoms with E-state index in [0.29, 0.717) is 12.8 Å². The van der Waals surface area contributed by atoms with Crippen molar-refractivity contribution >= 4 is 5.91 Å². The highest BCUT2D eigenvalue weighted by Crippen LogP contribution is 2.18. The second kappa shape index (κ2) is 51.0. The van der Waals surface area contributed by atoms with Crippen molar-refractivity contribution in [3.63, 3.8) is 0 Å². The Balaban J connectivity index is 3.58. The van der Waals surface area contributed by atoms with Crippen LogP contribution in [0.3, 0.4) is 0 Å². The predicted octanol–water partition coefficient (Wildman–Crippen LogP) is 16.1. The molecule has 0 saturated heterocycles. The Labute approximate surface area is 387 Å². The first-order chi connectivity index (χ1) is 30.5. The average molecular weight is 879 g/mol. The molecule has 0 bridgehead atoms. The van der Waals surface area contributed by atoms with Crippen LogP contribution in [0.2, 0.25) is 0 Å². The number of hydrogen-bond acceptors (Lipinski definition) is 5. The van der Waals surface area contributed by atoms with Crippen LogP contribution in [0.4, 0.5) is 0 Å². The quantitative estimate of drug-likeness (QED) is 0.0309. The van der Waals surface area contributed by atoms with Crippen LogP contribution in [0.1, 0.15) is 309 Å². The van der Waals surface area contributed by atoms with Crippen LogP contribution >= 0.6 is 0 Å². The van der Waals surface area contributed by atoms with Crippen LogP contribution < -0.4 is 5.32 Å². The molecule has 0 aromatic heterocycles. The minimum Gasteiger partial charge on any atom is -0.394 e. The lowest BCUT2D eigenvalue weighted by atomic mass is 9.99. The van der Waals surface area contributed by atoms with Crippen molar-refractivity contribution in [2.24, 2.45) is 0 Å². The molecule has 0 heterocycles. The maximum atomic E-state index is 12.6. The maximum absolute atomic E-state index is 12.6. The van der Waals surface area contributed by atoms with E-state index in [-0.39, 0.29) is 0 Å². The smallest absolute Gasteiger partial charge is 0.249 e. The van der Waals surface area contributed by atoms with E-state index < -0.39 is 36.9 Å².